The summed E-state index contributed by atoms with van der Waals surface area (Å²) in [5.74, 6) is 0.362. The molecule has 1 aromatic carbocycles. The zero-order chi connectivity index (χ0) is 19.1. The van der Waals surface area contributed by atoms with Crippen LogP contribution in [0.15, 0.2) is 30.3 Å². The lowest BCUT2D eigenvalue weighted by molar-refractivity contribution is -0.828. The number of carbonyl (C=O) groups excluding carboxylic acids is 1. The monoisotopic (exact) mass is 395 g/mol. The number of hydrogen-bond donors (Lipinski definition) is 0. The molecule has 0 bridgehead atoms. The molecule has 3 heteroatoms. The molecule has 156 valence electrons. The fourth-order valence-electron chi connectivity index (χ4n) is 3.55. The molecule has 0 atom stereocenters. The third-order valence-corrected chi connectivity index (χ3v) is 5.34. The number of unbranched alkanes of at least 4 members (excludes halogenated alkanes) is 11. The average Bonchev–Trinajstić information content (AvgIpc) is 2.63. The van der Waals surface area contributed by atoms with E-state index in [1.807, 2.05) is 32.3 Å². The van der Waals surface area contributed by atoms with Crippen molar-refractivity contribution in [1.29, 1.82) is 0 Å². The van der Waals surface area contributed by atoms with Crippen molar-refractivity contribution in [3.05, 3.63) is 35.9 Å². The van der Waals surface area contributed by atoms with Crippen molar-refractivity contribution in [2.45, 2.75) is 96.9 Å². The smallest absolute Gasteiger partial charge is 0.313 e. The Hall–Kier alpha value is -0.860. The minimum atomic E-state index is 0. The van der Waals surface area contributed by atoms with Gasteiger partial charge in [-0.15, -0.1) is 0 Å². The number of amides is 1. The van der Waals surface area contributed by atoms with Gasteiger partial charge in [0, 0.05) is 5.56 Å². The summed E-state index contributed by atoms with van der Waals surface area (Å²) in [6, 6.07) is 10.3. The highest BCUT2D eigenvalue weighted by atomic mass is 35.5. The first-order valence-electron chi connectivity index (χ1n) is 11.0. The predicted molar refractivity (Wildman–Crippen MR) is 113 cm³/mol. The van der Waals surface area contributed by atoms with Gasteiger partial charge < -0.3 is 12.4 Å². The highest BCUT2D eigenvalue weighted by Crippen LogP contribution is 2.15. The van der Waals surface area contributed by atoms with E-state index in [0.29, 0.717) is 10.4 Å². The van der Waals surface area contributed by atoms with E-state index in [2.05, 4.69) is 19.1 Å². The van der Waals surface area contributed by atoms with Gasteiger partial charge in [-0.25, -0.2) is 4.79 Å². The summed E-state index contributed by atoms with van der Waals surface area (Å²) >= 11 is 0. The van der Waals surface area contributed by atoms with Gasteiger partial charge >= 0.3 is 5.91 Å². The Morgan fingerprint density at radius 1 is 0.741 bits per heavy atom. The van der Waals surface area contributed by atoms with Gasteiger partial charge in [-0.3, -0.25) is 4.48 Å². The molecule has 0 unspecified atom stereocenters. The molecule has 1 rings (SSSR count). The van der Waals surface area contributed by atoms with Crippen LogP contribution in [0.2, 0.25) is 0 Å². The van der Waals surface area contributed by atoms with Crippen molar-refractivity contribution in [3.63, 3.8) is 0 Å². The summed E-state index contributed by atoms with van der Waals surface area (Å²) in [4.78, 5) is 12.5. The Morgan fingerprint density at radius 3 is 1.67 bits per heavy atom. The van der Waals surface area contributed by atoms with Gasteiger partial charge in [0.25, 0.3) is 0 Å². The summed E-state index contributed by atoms with van der Waals surface area (Å²) in [7, 11) is 4.08. The standard InChI is InChI=1S/C24H42NO.ClH/c1-4-5-6-7-8-9-10-11-12-13-14-18-21-24(26)25(2,3)22-23-19-16-15-17-20-23;/h15-17,19-20H,4-14,18,21-22H2,1-3H3;1H/q+1;/p-1. The van der Waals surface area contributed by atoms with E-state index < -0.39 is 0 Å². The van der Waals surface area contributed by atoms with Crippen LogP contribution in [0.3, 0.4) is 0 Å². The van der Waals surface area contributed by atoms with Gasteiger partial charge in [0.05, 0.1) is 20.5 Å². The normalized spacial score (nSPS) is 11.2. The Bertz CT molecular complexity index is 473. The maximum atomic E-state index is 12.5. The van der Waals surface area contributed by atoms with E-state index in [0.717, 1.165) is 19.4 Å². The lowest BCUT2D eigenvalue weighted by atomic mass is 10.0. The molecule has 0 aliphatic rings. The third-order valence-electron chi connectivity index (χ3n) is 5.34. The molecule has 0 aliphatic carbocycles. The minimum absolute atomic E-state index is 0. The van der Waals surface area contributed by atoms with Crippen LogP contribution in [0.1, 0.15) is 96.0 Å². The molecule has 0 saturated heterocycles. The van der Waals surface area contributed by atoms with Crippen molar-refractivity contribution >= 4 is 5.91 Å². The molecule has 0 aromatic heterocycles. The lowest BCUT2D eigenvalue weighted by Gasteiger charge is -2.27. The predicted octanol–water partition coefficient (Wildman–Crippen LogP) is 3.88. The number of benzene rings is 1. The lowest BCUT2D eigenvalue weighted by Crippen LogP contribution is -3.00. The second-order valence-corrected chi connectivity index (χ2v) is 8.36. The second kappa shape index (κ2) is 16.1. The molecule has 1 aromatic rings. The molecule has 0 fully saturated rings. The maximum absolute atomic E-state index is 12.5. The number of carbonyl (C=O) groups is 1. The SMILES string of the molecule is CCCCCCCCCCCCCCC(=O)[N+](C)(C)Cc1ccccc1.[Cl-]. The number of quaternary nitrogens is 1. The Labute approximate surface area is 174 Å². The fourth-order valence-corrected chi connectivity index (χ4v) is 3.55. The van der Waals surface area contributed by atoms with Crippen molar-refractivity contribution in [2.75, 3.05) is 14.1 Å². The van der Waals surface area contributed by atoms with Crippen LogP contribution in [-0.2, 0) is 11.3 Å². The van der Waals surface area contributed by atoms with E-state index in [1.54, 1.807) is 0 Å². The quantitative estimate of drug-likeness (QED) is 0.325. The van der Waals surface area contributed by atoms with Crippen LogP contribution < -0.4 is 12.4 Å². The Kier molecular flexibility index (Phi) is 15.6. The summed E-state index contributed by atoms with van der Waals surface area (Å²) in [6.45, 7) is 3.06. The largest absolute Gasteiger partial charge is 1.00 e. The van der Waals surface area contributed by atoms with E-state index in [4.69, 9.17) is 0 Å². The molecule has 0 N–H and O–H groups in total. The van der Waals surface area contributed by atoms with Crippen LogP contribution in [-0.4, -0.2) is 24.5 Å². The van der Waals surface area contributed by atoms with Crippen molar-refractivity contribution < 1.29 is 21.7 Å². The van der Waals surface area contributed by atoms with E-state index in [9.17, 15) is 4.79 Å². The van der Waals surface area contributed by atoms with Gasteiger partial charge in [-0.05, 0) is 6.42 Å². The van der Waals surface area contributed by atoms with Gasteiger partial charge in [0.2, 0.25) is 0 Å². The summed E-state index contributed by atoms with van der Waals surface area (Å²) < 4.78 is 0.460. The average molecular weight is 396 g/mol. The molecule has 0 aliphatic heterocycles. The van der Waals surface area contributed by atoms with Crippen LogP contribution >= 0.6 is 0 Å². The fraction of sp³-hybridized carbons (Fsp3) is 0.708. The Balaban J connectivity index is 0.00000676. The highest BCUT2D eigenvalue weighted by molar-refractivity contribution is 5.68. The summed E-state index contributed by atoms with van der Waals surface area (Å²) in [5, 5.41) is 0. The summed E-state index contributed by atoms with van der Waals surface area (Å²) in [5.41, 5.74) is 1.24. The zero-order valence-corrected chi connectivity index (χ0v) is 18.8. The van der Waals surface area contributed by atoms with Crippen LogP contribution in [0.25, 0.3) is 0 Å². The van der Waals surface area contributed by atoms with Gasteiger partial charge in [-0.2, -0.15) is 0 Å². The minimum Gasteiger partial charge on any atom is -1.00 e. The number of rotatable bonds is 15. The van der Waals surface area contributed by atoms with E-state index >= 15 is 0 Å². The van der Waals surface area contributed by atoms with Gasteiger partial charge in [0.1, 0.15) is 6.54 Å². The van der Waals surface area contributed by atoms with Gasteiger partial charge in [-0.1, -0.05) is 108 Å². The van der Waals surface area contributed by atoms with Crippen LogP contribution in [0.5, 0.6) is 0 Å². The molecular weight excluding hydrogens is 354 g/mol. The first-order chi connectivity index (χ1) is 12.6. The molecule has 0 spiro atoms. The highest BCUT2D eigenvalue weighted by Gasteiger charge is 2.25. The molecule has 27 heavy (non-hydrogen) atoms. The second-order valence-electron chi connectivity index (χ2n) is 8.36. The first-order valence-corrected chi connectivity index (χ1v) is 11.0. The maximum Gasteiger partial charge on any atom is 0.313 e. The zero-order valence-electron chi connectivity index (χ0n) is 18.0. The molecule has 2 nitrogen and oxygen atoms in total. The van der Waals surface area contributed by atoms with Crippen molar-refractivity contribution in [2.24, 2.45) is 0 Å². The molecule has 0 heterocycles. The number of halogens is 1. The van der Waals surface area contributed by atoms with Crippen LogP contribution in [0, 0.1) is 0 Å². The van der Waals surface area contributed by atoms with Crippen molar-refractivity contribution in [1.82, 2.24) is 0 Å². The topological polar surface area (TPSA) is 17.1 Å². The van der Waals surface area contributed by atoms with E-state index in [-0.39, 0.29) is 12.4 Å². The Morgan fingerprint density at radius 2 is 1.19 bits per heavy atom. The molecule has 0 saturated carbocycles. The van der Waals surface area contributed by atoms with Crippen LogP contribution in [0.4, 0.5) is 0 Å². The van der Waals surface area contributed by atoms with E-state index in [1.165, 1.54) is 76.2 Å². The first kappa shape index (κ1) is 26.1. The molecule has 1 amide bonds. The van der Waals surface area contributed by atoms with Gasteiger partial charge in [0.15, 0.2) is 0 Å². The number of nitrogens with zero attached hydrogens (tertiary/aromatic N) is 1. The third kappa shape index (κ3) is 13.0. The number of hydrogen-bond acceptors (Lipinski definition) is 1. The molecule has 0 radical (unpaired) electrons. The summed E-state index contributed by atoms with van der Waals surface area (Å²) in [6.07, 6.45) is 16.8. The van der Waals surface area contributed by atoms with Crippen molar-refractivity contribution in [3.8, 4) is 0 Å². The molecular formula is C24H42ClNO.